The highest BCUT2D eigenvalue weighted by molar-refractivity contribution is 5.99. The number of rotatable bonds is 1. The van der Waals surface area contributed by atoms with Gasteiger partial charge in [-0.2, -0.15) is 0 Å². The quantitative estimate of drug-likeness (QED) is 0.618. The van der Waals surface area contributed by atoms with Crippen molar-refractivity contribution in [3.05, 3.63) is 11.6 Å². The van der Waals surface area contributed by atoms with Crippen molar-refractivity contribution in [3.63, 3.8) is 0 Å². The van der Waals surface area contributed by atoms with E-state index in [4.69, 9.17) is 0 Å². The predicted molar refractivity (Wildman–Crippen MR) is 103 cm³/mol. The Morgan fingerprint density at radius 3 is 2.48 bits per heavy atom. The van der Waals surface area contributed by atoms with E-state index in [1.165, 1.54) is 50.5 Å². The molecule has 4 fully saturated rings. The summed E-state index contributed by atoms with van der Waals surface area (Å²) in [5.41, 5.74) is 1.87. The zero-order chi connectivity index (χ0) is 18.0. The fourth-order valence-electron chi connectivity index (χ4n) is 7.85. The van der Waals surface area contributed by atoms with Gasteiger partial charge in [0.2, 0.25) is 0 Å². The van der Waals surface area contributed by atoms with Crippen molar-refractivity contribution in [2.24, 2.45) is 34.5 Å². The van der Waals surface area contributed by atoms with E-state index in [2.05, 4.69) is 45.8 Å². The molecule has 0 bridgehead atoms. The van der Waals surface area contributed by atoms with E-state index in [1.807, 2.05) is 0 Å². The minimum atomic E-state index is 0.178. The molecule has 7 atom stereocenters. The molecule has 25 heavy (non-hydrogen) atoms. The Kier molecular flexibility index (Phi) is 4.22. The number of carbonyl (C=O) groups is 1. The Morgan fingerprint density at radius 2 is 1.80 bits per heavy atom. The summed E-state index contributed by atoms with van der Waals surface area (Å²) in [4.78, 5) is 15.1. The molecule has 0 aromatic rings. The Morgan fingerprint density at radius 1 is 1.04 bits per heavy atom. The molecule has 2 heteroatoms. The van der Waals surface area contributed by atoms with Gasteiger partial charge in [0.25, 0.3) is 0 Å². The molecule has 4 saturated carbocycles. The molecular weight excluding hydrogens is 306 g/mol. The van der Waals surface area contributed by atoms with Gasteiger partial charge < -0.3 is 4.90 Å². The van der Waals surface area contributed by atoms with E-state index < -0.39 is 0 Å². The van der Waals surface area contributed by atoms with Crippen LogP contribution in [0.4, 0.5) is 0 Å². The predicted octanol–water partition coefficient (Wildman–Crippen LogP) is 5.08. The van der Waals surface area contributed by atoms with E-state index in [9.17, 15) is 4.79 Å². The first kappa shape index (κ1) is 17.8. The fourth-order valence-corrected chi connectivity index (χ4v) is 7.85. The monoisotopic (exact) mass is 343 g/mol. The van der Waals surface area contributed by atoms with Crippen LogP contribution in [-0.2, 0) is 4.79 Å². The number of Topliss-reactive ketones (excluding diaryl/α,β-unsaturated/α-hetero) is 1. The molecule has 0 unspecified atom stereocenters. The molecule has 4 aliphatic rings. The molecule has 0 spiro atoms. The number of hydrogen-bond acceptors (Lipinski definition) is 2. The molecule has 0 N–H and O–H groups in total. The first-order valence-electron chi connectivity index (χ1n) is 10.7. The summed E-state index contributed by atoms with van der Waals surface area (Å²) >= 11 is 0. The molecule has 0 aromatic carbocycles. The van der Waals surface area contributed by atoms with Gasteiger partial charge in [-0.25, -0.2) is 0 Å². The van der Waals surface area contributed by atoms with Crippen LogP contribution in [0.2, 0.25) is 0 Å². The number of fused-ring (bicyclic) bond motifs is 5. The normalized spacial score (nSPS) is 51.4. The molecule has 0 saturated heterocycles. The Bertz CT molecular complexity index is 593. The maximum absolute atomic E-state index is 12.7. The van der Waals surface area contributed by atoms with Crippen LogP contribution >= 0.6 is 0 Å². The average Bonchev–Trinajstić information content (AvgIpc) is 2.83. The topological polar surface area (TPSA) is 20.3 Å². The minimum absolute atomic E-state index is 0.178. The number of carbonyl (C=O) groups excluding carboxylic acids is 1. The Hall–Kier alpha value is -0.630. The third kappa shape index (κ3) is 2.42. The second kappa shape index (κ2) is 5.94. The van der Waals surface area contributed by atoms with E-state index in [1.54, 1.807) is 0 Å². The second-order valence-electron chi connectivity index (χ2n) is 10.3. The summed E-state index contributed by atoms with van der Waals surface area (Å²) in [5, 5.41) is 0. The van der Waals surface area contributed by atoms with Gasteiger partial charge in [0.05, 0.1) is 0 Å². The van der Waals surface area contributed by atoms with E-state index in [-0.39, 0.29) is 5.41 Å². The molecule has 0 heterocycles. The van der Waals surface area contributed by atoms with Gasteiger partial charge in [-0.3, -0.25) is 4.79 Å². The highest BCUT2D eigenvalue weighted by Gasteiger charge is 2.60. The molecule has 140 valence electrons. The zero-order valence-corrected chi connectivity index (χ0v) is 17.0. The SMILES string of the molecule is C/C=C1/C(=O)C[C@H]2[C@@H]3CC[C@H]4C[C@@H](N(C)C)CC[C@]4(C)[C@H]3CC[C@]12C. The fraction of sp³-hybridized carbons (Fsp3) is 0.870. The van der Waals surface area contributed by atoms with Gasteiger partial charge in [-0.05, 0) is 106 Å². The smallest absolute Gasteiger partial charge is 0.159 e. The summed E-state index contributed by atoms with van der Waals surface area (Å²) < 4.78 is 0. The number of hydrogen-bond donors (Lipinski definition) is 0. The van der Waals surface area contributed by atoms with Crippen molar-refractivity contribution >= 4 is 5.78 Å². The van der Waals surface area contributed by atoms with E-state index >= 15 is 0 Å². The lowest BCUT2D eigenvalue weighted by Gasteiger charge is -2.61. The van der Waals surface area contributed by atoms with Crippen LogP contribution in [0, 0.1) is 34.5 Å². The Labute approximate surface area is 154 Å². The van der Waals surface area contributed by atoms with Gasteiger partial charge in [0, 0.05) is 12.5 Å². The summed E-state index contributed by atoms with van der Waals surface area (Å²) in [6.07, 6.45) is 12.5. The van der Waals surface area contributed by atoms with Crippen LogP contribution in [0.5, 0.6) is 0 Å². The highest BCUT2D eigenvalue weighted by Crippen LogP contribution is 2.66. The Balaban J connectivity index is 1.61. The first-order chi connectivity index (χ1) is 11.8. The largest absolute Gasteiger partial charge is 0.306 e. The van der Waals surface area contributed by atoms with Gasteiger partial charge in [-0.15, -0.1) is 0 Å². The third-order valence-electron chi connectivity index (χ3n) is 9.37. The van der Waals surface area contributed by atoms with Crippen LogP contribution in [0.25, 0.3) is 0 Å². The minimum Gasteiger partial charge on any atom is -0.306 e. The molecule has 0 radical (unpaired) electrons. The van der Waals surface area contributed by atoms with Crippen LogP contribution in [0.1, 0.15) is 72.1 Å². The maximum Gasteiger partial charge on any atom is 0.159 e. The number of nitrogens with zero attached hydrogens (tertiary/aromatic N) is 1. The van der Waals surface area contributed by atoms with Crippen molar-refractivity contribution in [1.29, 1.82) is 0 Å². The van der Waals surface area contributed by atoms with Crippen LogP contribution in [0.3, 0.4) is 0 Å². The van der Waals surface area contributed by atoms with Crippen molar-refractivity contribution in [2.75, 3.05) is 14.1 Å². The van der Waals surface area contributed by atoms with Crippen molar-refractivity contribution in [2.45, 2.75) is 78.2 Å². The lowest BCUT2D eigenvalue weighted by atomic mass is 9.45. The lowest BCUT2D eigenvalue weighted by Crippen LogP contribution is -2.54. The third-order valence-corrected chi connectivity index (χ3v) is 9.37. The van der Waals surface area contributed by atoms with E-state index in [0.717, 1.165) is 30.2 Å². The second-order valence-corrected chi connectivity index (χ2v) is 10.3. The van der Waals surface area contributed by atoms with Crippen LogP contribution < -0.4 is 0 Å². The maximum atomic E-state index is 12.7. The standard InChI is InChI=1S/C23H37NO/c1-6-18-21(25)14-20-17-8-7-15-13-16(24(4)5)9-11-22(15,2)19(17)10-12-23(18,20)3/h6,15-17,19-20H,7-14H2,1-5H3/b18-6-/t15-,16-,17+,19-,20-,22-,23+/m0/s1. The van der Waals surface area contributed by atoms with Crippen molar-refractivity contribution in [3.8, 4) is 0 Å². The number of ketones is 1. The summed E-state index contributed by atoms with van der Waals surface area (Å²) in [5.74, 6) is 3.62. The van der Waals surface area contributed by atoms with Crippen molar-refractivity contribution < 1.29 is 4.79 Å². The lowest BCUT2D eigenvalue weighted by molar-refractivity contribution is -0.117. The van der Waals surface area contributed by atoms with E-state index in [0.29, 0.717) is 17.1 Å². The van der Waals surface area contributed by atoms with Crippen LogP contribution in [0.15, 0.2) is 11.6 Å². The molecule has 0 aliphatic heterocycles. The van der Waals surface area contributed by atoms with Gasteiger partial charge in [-0.1, -0.05) is 19.9 Å². The van der Waals surface area contributed by atoms with Gasteiger partial charge in [0.15, 0.2) is 5.78 Å². The summed E-state index contributed by atoms with van der Waals surface area (Å²) in [6.45, 7) is 7.11. The molecule has 0 amide bonds. The summed E-state index contributed by atoms with van der Waals surface area (Å²) in [7, 11) is 4.52. The average molecular weight is 344 g/mol. The van der Waals surface area contributed by atoms with Gasteiger partial charge in [0.1, 0.15) is 0 Å². The molecule has 2 nitrogen and oxygen atoms in total. The molecule has 0 aromatic heterocycles. The molecule has 4 aliphatic carbocycles. The molecular formula is C23H37NO. The molecule has 4 rings (SSSR count). The van der Waals surface area contributed by atoms with Crippen molar-refractivity contribution in [1.82, 2.24) is 4.90 Å². The number of allylic oxidation sites excluding steroid dienone is 2. The van der Waals surface area contributed by atoms with Gasteiger partial charge >= 0.3 is 0 Å². The van der Waals surface area contributed by atoms with Crippen LogP contribution in [-0.4, -0.2) is 30.8 Å². The first-order valence-corrected chi connectivity index (χ1v) is 10.7. The zero-order valence-electron chi connectivity index (χ0n) is 17.0. The highest BCUT2D eigenvalue weighted by atomic mass is 16.1. The summed E-state index contributed by atoms with van der Waals surface area (Å²) in [6, 6.07) is 0.783.